The highest BCUT2D eigenvalue weighted by Crippen LogP contribution is 2.29. The predicted molar refractivity (Wildman–Crippen MR) is 117 cm³/mol. The molecule has 0 aliphatic heterocycles. The molecule has 170 valence electrons. The Morgan fingerprint density at radius 3 is 2.22 bits per heavy atom. The molecule has 2 aromatic carbocycles. The Morgan fingerprint density at radius 1 is 1.06 bits per heavy atom. The lowest BCUT2D eigenvalue weighted by molar-refractivity contribution is -0.141. The summed E-state index contributed by atoms with van der Waals surface area (Å²) in [5.74, 6) is -1.95. The topological polar surface area (TPSA) is 83.5 Å². The van der Waals surface area contributed by atoms with Crippen molar-refractivity contribution in [2.24, 2.45) is 0 Å². The van der Waals surface area contributed by atoms with Crippen LogP contribution in [0.5, 0.6) is 0 Å². The summed E-state index contributed by atoms with van der Waals surface area (Å²) in [7, 11) is 0. The molecule has 0 unspecified atom stereocenters. The van der Waals surface area contributed by atoms with Crippen LogP contribution in [0, 0.1) is 0 Å². The molecule has 2 rings (SSSR count). The minimum absolute atomic E-state index is 0.0484. The first-order valence-corrected chi connectivity index (χ1v) is 10.6. The van der Waals surface area contributed by atoms with Gasteiger partial charge in [-0.1, -0.05) is 54.2 Å². The Morgan fingerprint density at radius 2 is 1.69 bits per heavy atom. The largest absolute Gasteiger partial charge is 0.480 e. The van der Waals surface area contributed by atoms with Gasteiger partial charge in [0, 0.05) is 18.2 Å². The zero-order valence-corrected chi connectivity index (χ0v) is 18.0. The molecule has 0 radical (unpaired) electrons. The minimum atomic E-state index is -4.49. The van der Waals surface area contributed by atoms with E-state index in [2.05, 4.69) is 5.32 Å². The number of carbonyl (C=O) groups excluding carboxylic acids is 2. The Bertz CT molecular complexity index is 973. The van der Waals surface area contributed by atoms with E-state index < -0.39 is 29.7 Å². The number of amides is 1. The van der Waals surface area contributed by atoms with Crippen LogP contribution in [0.15, 0.2) is 60.2 Å². The molecule has 0 aliphatic rings. The van der Waals surface area contributed by atoms with Crippen LogP contribution in [0.3, 0.4) is 0 Å². The maximum Gasteiger partial charge on any atom is 0.416 e. The van der Waals surface area contributed by atoms with Crippen molar-refractivity contribution in [2.45, 2.75) is 32.0 Å². The van der Waals surface area contributed by atoms with Gasteiger partial charge >= 0.3 is 12.1 Å². The van der Waals surface area contributed by atoms with E-state index in [4.69, 9.17) is 0 Å². The van der Waals surface area contributed by atoms with Gasteiger partial charge in [-0.2, -0.15) is 13.2 Å². The SMILES string of the molecule is CC(=O)SC/C(=C/c1ccc(C(F)(F)F)cc1)C(=O)N[C@@H](CCc1ccccc1)C(=O)O. The number of carboxylic acid groups (broad SMARTS) is 1. The Balaban J connectivity index is 2.18. The van der Waals surface area contributed by atoms with Crippen LogP contribution in [-0.2, 0) is 27.0 Å². The summed E-state index contributed by atoms with van der Waals surface area (Å²) >= 11 is 0.845. The van der Waals surface area contributed by atoms with Gasteiger partial charge in [-0.25, -0.2) is 4.79 Å². The zero-order valence-electron chi connectivity index (χ0n) is 17.2. The number of halogens is 3. The van der Waals surface area contributed by atoms with E-state index in [0.29, 0.717) is 12.0 Å². The summed E-state index contributed by atoms with van der Waals surface area (Å²) in [4.78, 5) is 35.8. The quantitative estimate of drug-likeness (QED) is 0.530. The van der Waals surface area contributed by atoms with Crippen molar-refractivity contribution < 1.29 is 32.7 Å². The number of benzene rings is 2. The van der Waals surface area contributed by atoms with Crippen LogP contribution in [0.4, 0.5) is 13.2 Å². The summed E-state index contributed by atoms with van der Waals surface area (Å²) in [5, 5.41) is 11.7. The average Bonchev–Trinajstić information content (AvgIpc) is 2.74. The van der Waals surface area contributed by atoms with Crippen molar-refractivity contribution >= 4 is 34.8 Å². The molecule has 0 fully saturated rings. The van der Waals surface area contributed by atoms with Gasteiger partial charge in [0.25, 0.3) is 0 Å². The number of thioether (sulfide) groups is 1. The number of carbonyl (C=O) groups is 3. The number of nitrogens with one attached hydrogen (secondary N) is 1. The van der Waals surface area contributed by atoms with Crippen molar-refractivity contribution in [3.63, 3.8) is 0 Å². The third-order valence-electron chi connectivity index (χ3n) is 4.47. The first-order valence-electron chi connectivity index (χ1n) is 9.65. The van der Waals surface area contributed by atoms with Gasteiger partial charge < -0.3 is 10.4 Å². The molecule has 0 bridgehead atoms. The smallest absolute Gasteiger partial charge is 0.416 e. The molecule has 32 heavy (non-hydrogen) atoms. The second kappa shape index (κ2) is 11.5. The average molecular weight is 465 g/mol. The summed E-state index contributed by atoms with van der Waals surface area (Å²) in [6.45, 7) is 1.32. The van der Waals surface area contributed by atoms with Gasteiger partial charge in [0.2, 0.25) is 5.91 Å². The lowest BCUT2D eigenvalue weighted by Gasteiger charge is -2.16. The number of alkyl halides is 3. The molecule has 9 heteroatoms. The van der Waals surface area contributed by atoms with Gasteiger partial charge in [-0.05, 0) is 42.2 Å². The highest BCUT2D eigenvalue weighted by Gasteiger charge is 2.30. The maximum absolute atomic E-state index is 12.8. The van der Waals surface area contributed by atoms with Crippen molar-refractivity contribution in [1.29, 1.82) is 0 Å². The molecule has 0 spiro atoms. The third-order valence-corrected chi connectivity index (χ3v) is 5.33. The first-order chi connectivity index (χ1) is 15.1. The van der Waals surface area contributed by atoms with Crippen LogP contribution in [0.1, 0.15) is 30.0 Å². The Kier molecular flexibility index (Phi) is 9.07. The van der Waals surface area contributed by atoms with Crippen LogP contribution >= 0.6 is 11.8 Å². The van der Waals surface area contributed by atoms with Gasteiger partial charge in [-0.3, -0.25) is 9.59 Å². The minimum Gasteiger partial charge on any atom is -0.480 e. The molecule has 0 heterocycles. The summed E-state index contributed by atoms with van der Waals surface area (Å²) in [6.07, 6.45) is -2.56. The fourth-order valence-electron chi connectivity index (χ4n) is 2.79. The standard InChI is InChI=1S/C23H22F3NO4S/c1-15(28)32-14-18(13-17-7-10-19(11-8-17)23(24,25)26)21(29)27-20(22(30)31)12-9-16-5-3-2-4-6-16/h2-8,10-11,13,20H,9,12,14H2,1H3,(H,27,29)(H,30,31)/b18-13-/t20-/m0/s1. The van der Waals surface area contributed by atoms with Gasteiger partial charge in [0.15, 0.2) is 5.12 Å². The van der Waals surface area contributed by atoms with Crippen molar-refractivity contribution in [3.8, 4) is 0 Å². The number of hydrogen-bond acceptors (Lipinski definition) is 4. The van der Waals surface area contributed by atoms with Gasteiger partial charge in [0.1, 0.15) is 6.04 Å². The van der Waals surface area contributed by atoms with E-state index in [1.807, 2.05) is 30.3 Å². The van der Waals surface area contributed by atoms with Crippen molar-refractivity contribution in [2.75, 3.05) is 5.75 Å². The van der Waals surface area contributed by atoms with Crippen LogP contribution in [0.25, 0.3) is 6.08 Å². The highest BCUT2D eigenvalue weighted by atomic mass is 32.2. The molecule has 0 saturated carbocycles. The van der Waals surface area contributed by atoms with E-state index in [1.165, 1.54) is 25.1 Å². The van der Waals surface area contributed by atoms with E-state index in [0.717, 1.165) is 29.5 Å². The molecule has 2 aromatic rings. The molecule has 0 aliphatic carbocycles. The molecule has 0 aromatic heterocycles. The van der Waals surface area contributed by atoms with Crippen LogP contribution in [0.2, 0.25) is 0 Å². The van der Waals surface area contributed by atoms with E-state index in [9.17, 15) is 32.7 Å². The van der Waals surface area contributed by atoms with Crippen LogP contribution < -0.4 is 5.32 Å². The predicted octanol–water partition coefficient (Wildman–Crippen LogP) is 4.57. The third kappa shape index (κ3) is 8.22. The molecule has 1 amide bonds. The summed E-state index contributed by atoms with van der Waals surface area (Å²) in [5.41, 5.74) is 0.491. The van der Waals surface area contributed by atoms with Gasteiger partial charge in [0.05, 0.1) is 5.56 Å². The van der Waals surface area contributed by atoms with Crippen molar-refractivity contribution in [3.05, 3.63) is 76.9 Å². The molecule has 2 N–H and O–H groups in total. The zero-order chi connectivity index (χ0) is 23.7. The molecule has 0 saturated heterocycles. The van der Waals surface area contributed by atoms with Gasteiger partial charge in [-0.15, -0.1) is 0 Å². The van der Waals surface area contributed by atoms with E-state index in [-0.39, 0.29) is 22.9 Å². The number of carboxylic acids is 1. The molecular weight excluding hydrogens is 443 g/mol. The van der Waals surface area contributed by atoms with E-state index >= 15 is 0 Å². The molecule has 5 nitrogen and oxygen atoms in total. The first kappa shape index (κ1) is 25.2. The number of aliphatic carboxylic acids is 1. The normalized spacial score (nSPS) is 12.8. The monoisotopic (exact) mass is 465 g/mol. The molecule has 1 atom stereocenters. The lowest BCUT2D eigenvalue weighted by Crippen LogP contribution is -2.42. The van der Waals surface area contributed by atoms with Crippen molar-refractivity contribution in [1.82, 2.24) is 5.32 Å². The summed E-state index contributed by atoms with van der Waals surface area (Å²) < 4.78 is 38.3. The number of hydrogen-bond donors (Lipinski definition) is 2. The van der Waals surface area contributed by atoms with Crippen LogP contribution in [-0.4, -0.2) is 33.9 Å². The highest BCUT2D eigenvalue weighted by molar-refractivity contribution is 8.13. The maximum atomic E-state index is 12.8. The second-order valence-corrected chi connectivity index (χ2v) is 8.11. The molecular formula is C23H22F3NO4S. The second-order valence-electron chi connectivity index (χ2n) is 6.96. The van der Waals surface area contributed by atoms with E-state index in [1.54, 1.807) is 0 Å². The fourth-order valence-corrected chi connectivity index (χ4v) is 3.36. The number of rotatable bonds is 9. The fraction of sp³-hybridized carbons (Fsp3) is 0.261. The Hall–Kier alpha value is -3.07. The Labute approximate surface area is 187 Å². The number of aryl methyl sites for hydroxylation is 1. The summed E-state index contributed by atoms with van der Waals surface area (Å²) in [6, 6.07) is 12.2. The lowest BCUT2D eigenvalue weighted by atomic mass is 10.0.